The zero-order chi connectivity index (χ0) is 18.1. The van der Waals surface area contributed by atoms with Gasteiger partial charge >= 0.3 is 6.18 Å². The number of rotatable bonds is 4. The maximum Gasteiger partial charge on any atom is 0.453 e. The minimum absolute atomic E-state index is 0.0887. The van der Waals surface area contributed by atoms with Crippen LogP contribution in [0.5, 0.6) is 0 Å². The van der Waals surface area contributed by atoms with Crippen LogP contribution < -0.4 is 11.2 Å². The lowest BCUT2D eigenvalue weighted by Gasteiger charge is -2.35. The molecule has 24 heavy (non-hydrogen) atoms. The average molecular weight is 365 g/mol. The highest BCUT2D eigenvalue weighted by atomic mass is 32.2. The van der Waals surface area contributed by atoms with Gasteiger partial charge in [-0.25, -0.2) is 4.68 Å². The summed E-state index contributed by atoms with van der Waals surface area (Å²) in [7, 11) is 0. The van der Waals surface area contributed by atoms with Gasteiger partial charge < -0.3 is 11.2 Å². The van der Waals surface area contributed by atoms with Gasteiger partial charge in [0.1, 0.15) is 0 Å². The first kappa shape index (κ1) is 18.9. The van der Waals surface area contributed by atoms with Crippen molar-refractivity contribution in [3.8, 4) is 0 Å². The molecule has 0 spiro atoms. The minimum atomic E-state index is -4.68. The lowest BCUT2D eigenvalue weighted by Crippen LogP contribution is -2.46. The van der Waals surface area contributed by atoms with E-state index >= 15 is 0 Å². The second-order valence-electron chi connectivity index (χ2n) is 6.32. The average Bonchev–Trinajstić information content (AvgIpc) is 2.85. The van der Waals surface area contributed by atoms with Crippen LogP contribution in [0, 0.1) is 11.8 Å². The Morgan fingerprint density at radius 1 is 1.38 bits per heavy atom. The van der Waals surface area contributed by atoms with E-state index in [2.05, 4.69) is 29.4 Å². The highest BCUT2D eigenvalue weighted by Crippen LogP contribution is 2.31. The quantitative estimate of drug-likeness (QED) is 0.632. The molecule has 2 rings (SSSR count). The molecule has 1 heterocycles. The van der Waals surface area contributed by atoms with Crippen molar-refractivity contribution in [2.45, 2.75) is 62.7 Å². The Bertz CT molecular complexity index is 591. The van der Waals surface area contributed by atoms with E-state index < -0.39 is 17.3 Å². The van der Waals surface area contributed by atoms with Gasteiger partial charge in [0.05, 0.1) is 5.25 Å². The summed E-state index contributed by atoms with van der Waals surface area (Å²) in [6.07, 6.45) is -1.56. The van der Waals surface area contributed by atoms with Crippen molar-refractivity contribution in [2.75, 3.05) is 5.84 Å². The summed E-state index contributed by atoms with van der Waals surface area (Å²) >= 11 is 0.858. The molecular weight excluding hydrogens is 343 g/mol. The molecule has 3 N–H and O–H groups in total. The van der Waals surface area contributed by atoms with Crippen LogP contribution in [0.1, 0.15) is 45.9 Å². The van der Waals surface area contributed by atoms with Crippen molar-refractivity contribution in [1.29, 1.82) is 0 Å². The maximum atomic E-state index is 12.7. The number of carbonyl (C=O) groups is 1. The molecule has 6 nitrogen and oxygen atoms in total. The molecule has 0 aromatic carbocycles. The standard InChI is InChI=1S/C14H22F3N5OS/c1-7-5-4-6-10(8(7)2)19-11(23)9(3)24-13-21-20-12(22(13)18)14(15,16)17/h7-10H,4-6,18H2,1-3H3,(H,19,23)/t7-,8+,9+,10-/m0/s1. The summed E-state index contributed by atoms with van der Waals surface area (Å²) in [5.41, 5.74) is 0. The van der Waals surface area contributed by atoms with E-state index in [0.717, 1.165) is 31.0 Å². The predicted molar refractivity (Wildman–Crippen MR) is 84.6 cm³/mol. The van der Waals surface area contributed by atoms with Crippen molar-refractivity contribution in [3.05, 3.63) is 5.82 Å². The molecule has 1 aliphatic rings. The second-order valence-corrected chi connectivity index (χ2v) is 7.62. The second kappa shape index (κ2) is 7.20. The van der Waals surface area contributed by atoms with Crippen LogP contribution >= 0.6 is 11.8 Å². The summed E-state index contributed by atoms with van der Waals surface area (Å²) in [6.45, 7) is 5.88. The van der Waals surface area contributed by atoms with Crippen LogP contribution in [0.3, 0.4) is 0 Å². The van der Waals surface area contributed by atoms with Crippen LogP contribution in [0.15, 0.2) is 5.16 Å². The molecule has 0 bridgehead atoms. The van der Waals surface area contributed by atoms with Gasteiger partial charge in [0.25, 0.3) is 5.82 Å². The molecule has 1 aliphatic carbocycles. The molecule has 1 aromatic heterocycles. The van der Waals surface area contributed by atoms with Crippen LogP contribution in [-0.2, 0) is 11.0 Å². The number of nitrogens with two attached hydrogens (primary N) is 1. The SMILES string of the molecule is C[C@H]1[C@@H](NC(=O)[C@@H](C)Sc2nnc(C(F)(F)F)n2N)CCC[C@@H]1C. The van der Waals surface area contributed by atoms with Crippen LogP contribution in [-0.4, -0.2) is 32.1 Å². The third-order valence-corrected chi connectivity index (χ3v) is 5.66. The van der Waals surface area contributed by atoms with Crippen molar-refractivity contribution < 1.29 is 18.0 Å². The summed E-state index contributed by atoms with van der Waals surface area (Å²) in [5, 5.41) is 8.71. The first-order chi connectivity index (χ1) is 11.1. The normalized spacial score (nSPS) is 26.2. The molecule has 0 unspecified atom stereocenters. The van der Waals surface area contributed by atoms with Crippen LogP contribution in [0.25, 0.3) is 0 Å². The van der Waals surface area contributed by atoms with Crippen LogP contribution in [0.4, 0.5) is 13.2 Å². The number of thioether (sulfide) groups is 1. The highest BCUT2D eigenvalue weighted by Gasteiger charge is 2.38. The van der Waals surface area contributed by atoms with Gasteiger partial charge in [-0.15, -0.1) is 10.2 Å². The van der Waals surface area contributed by atoms with Gasteiger partial charge in [0.2, 0.25) is 11.1 Å². The first-order valence-electron chi connectivity index (χ1n) is 7.86. The Kier molecular flexibility index (Phi) is 5.67. The molecule has 0 aliphatic heterocycles. The van der Waals surface area contributed by atoms with E-state index in [1.165, 1.54) is 0 Å². The zero-order valence-electron chi connectivity index (χ0n) is 13.8. The Labute approximate surface area is 142 Å². The number of aromatic nitrogens is 3. The summed E-state index contributed by atoms with van der Waals surface area (Å²) in [5.74, 6) is 4.77. The van der Waals surface area contributed by atoms with Gasteiger partial charge in [-0.3, -0.25) is 4.79 Å². The third kappa shape index (κ3) is 4.14. The molecule has 1 saturated carbocycles. The Morgan fingerprint density at radius 3 is 2.62 bits per heavy atom. The largest absolute Gasteiger partial charge is 0.453 e. The van der Waals surface area contributed by atoms with E-state index in [0.29, 0.717) is 16.5 Å². The fourth-order valence-electron chi connectivity index (χ4n) is 2.85. The minimum Gasteiger partial charge on any atom is -0.352 e. The number of hydrogen-bond acceptors (Lipinski definition) is 5. The number of nitrogens with zero attached hydrogens (tertiary/aromatic N) is 3. The smallest absolute Gasteiger partial charge is 0.352 e. The number of nitrogens with one attached hydrogen (secondary N) is 1. The number of alkyl halides is 3. The molecule has 4 atom stereocenters. The molecular formula is C14H22F3N5OS. The van der Waals surface area contributed by atoms with Crippen molar-refractivity contribution in [3.63, 3.8) is 0 Å². The maximum absolute atomic E-state index is 12.7. The number of hydrogen-bond donors (Lipinski definition) is 2. The lowest BCUT2D eigenvalue weighted by molar-refractivity contribution is -0.146. The first-order valence-corrected chi connectivity index (χ1v) is 8.74. The van der Waals surface area contributed by atoms with Gasteiger partial charge in [-0.05, 0) is 25.2 Å². The Hall–Kier alpha value is -1.45. The highest BCUT2D eigenvalue weighted by molar-refractivity contribution is 8.00. The molecule has 1 amide bonds. The summed E-state index contributed by atoms with van der Waals surface area (Å²) in [4.78, 5) is 12.3. The Morgan fingerprint density at radius 2 is 2.04 bits per heavy atom. The van der Waals surface area contributed by atoms with E-state index in [9.17, 15) is 18.0 Å². The Balaban J connectivity index is 1.98. The van der Waals surface area contributed by atoms with Gasteiger partial charge in [-0.1, -0.05) is 38.5 Å². The third-order valence-electron chi connectivity index (χ3n) is 4.60. The fraction of sp³-hybridized carbons (Fsp3) is 0.786. The van der Waals surface area contributed by atoms with Gasteiger partial charge in [-0.2, -0.15) is 13.2 Å². The summed E-state index contributed by atoms with van der Waals surface area (Å²) in [6, 6.07) is 0.0887. The van der Waals surface area contributed by atoms with Crippen molar-refractivity contribution >= 4 is 17.7 Å². The van der Waals surface area contributed by atoms with Gasteiger partial charge in [0.15, 0.2) is 0 Å². The fourth-order valence-corrected chi connectivity index (χ4v) is 3.63. The van der Waals surface area contributed by atoms with Crippen molar-refractivity contribution in [1.82, 2.24) is 20.2 Å². The van der Waals surface area contributed by atoms with E-state index in [1.54, 1.807) is 6.92 Å². The topological polar surface area (TPSA) is 85.8 Å². The summed E-state index contributed by atoms with van der Waals surface area (Å²) < 4.78 is 38.3. The molecule has 1 fully saturated rings. The number of amides is 1. The molecule has 0 radical (unpaired) electrons. The molecule has 0 saturated heterocycles. The zero-order valence-corrected chi connectivity index (χ0v) is 14.6. The van der Waals surface area contributed by atoms with E-state index in [1.807, 2.05) is 0 Å². The number of halogens is 3. The molecule has 1 aromatic rings. The van der Waals surface area contributed by atoms with Crippen LogP contribution in [0.2, 0.25) is 0 Å². The number of nitrogen functional groups attached to an aromatic ring is 1. The predicted octanol–water partition coefficient (Wildman–Crippen LogP) is 2.43. The monoisotopic (exact) mass is 365 g/mol. The number of carbonyl (C=O) groups excluding carboxylic acids is 1. The van der Waals surface area contributed by atoms with Gasteiger partial charge in [0, 0.05) is 6.04 Å². The van der Waals surface area contributed by atoms with E-state index in [4.69, 9.17) is 5.84 Å². The lowest BCUT2D eigenvalue weighted by atomic mass is 9.78. The molecule has 136 valence electrons. The van der Waals surface area contributed by atoms with E-state index in [-0.39, 0.29) is 17.1 Å². The molecule has 10 heteroatoms. The van der Waals surface area contributed by atoms with Crippen molar-refractivity contribution in [2.24, 2.45) is 11.8 Å².